The number of hydrogen-bond acceptors (Lipinski definition) is 7. The third-order valence-corrected chi connectivity index (χ3v) is 5.17. The quantitative estimate of drug-likeness (QED) is 0.273. The summed E-state index contributed by atoms with van der Waals surface area (Å²) in [5.74, 6) is -0.202. The van der Waals surface area contributed by atoms with E-state index in [9.17, 15) is 22.8 Å². The number of ketones is 1. The lowest BCUT2D eigenvalue weighted by atomic mass is 10.0. The molecule has 38 heavy (non-hydrogen) atoms. The molecule has 0 heterocycles. The highest BCUT2D eigenvalue weighted by atomic mass is 19.4. The summed E-state index contributed by atoms with van der Waals surface area (Å²) in [7, 11) is 5.70. The second kappa shape index (κ2) is 12.0. The van der Waals surface area contributed by atoms with Gasteiger partial charge in [-0.25, -0.2) is 0 Å². The number of nitrogens with one attached hydrogen (secondary N) is 1. The lowest BCUT2D eigenvalue weighted by molar-refractivity contribution is -0.274. The first-order valence-electron chi connectivity index (χ1n) is 11.0. The number of anilines is 1. The van der Waals surface area contributed by atoms with Crippen LogP contribution in [-0.4, -0.2) is 46.5 Å². The van der Waals surface area contributed by atoms with Gasteiger partial charge in [0.1, 0.15) is 11.5 Å². The molecule has 0 atom stereocenters. The predicted octanol–water partition coefficient (Wildman–Crippen LogP) is 5.50. The van der Waals surface area contributed by atoms with Gasteiger partial charge in [0.25, 0.3) is 0 Å². The van der Waals surface area contributed by atoms with Crippen molar-refractivity contribution in [3.05, 3.63) is 77.4 Å². The molecule has 3 rings (SSSR count). The summed E-state index contributed by atoms with van der Waals surface area (Å²) in [6, 6.07) is 12.6. The molecule has 0 aliphatic heterocycles. The van der Waals surface area contributed by atoms with E-state index in [1.54, 1.807) is 0 Å². The molecule has 0 aromatic heterocycles. The monoisotopic (exact) mass is 531 g/mol. The van der Waals surface area contributed by atoms with Crippen molar-refractivity contribution in [1.82, 2.24) is 0 Å². The second-order valence-electron chi connectivity index (χ2n) is 7.60. The Morgan fingerprint density at radius 1 is 0.789 bits per heavy atom. The van der Waals surface area contributed by atoms with E-state index in [2.05, 4.69) is 10.1 Å². The minimum atomic E-state index is -4.83. The minimum Gasteiger partial charge on any atom is -0.495 e. The maximum absolute atomic E-state index is 13.3. The summed E-state index contributed by atoms with van der Waals surface area (Å²) in [5, 5.41) is 2.61. The van der Waals surface area contributed by atoms with Crippen LogP contribution in [0.25, 0.3) is 6.08 Å². The zero-order valence-corrected chi connectivity index (χ0v) is 20.8. The first kappa shape index (κ1) is 27.9. The smallest absolute Gasteiger partial charge is 0.495 e. The van der Waals surface area contributed by atoms with Crippen LogP contribution in [0.3, 0.4) is 0 Å². The standard InChI is InChI=1S/C27H24F3NO7/c1-34-21-10-9-17(25(33)18-14-22(35-2)26(37-4)23(15-18)36-3)13-20(21)31-24(32)11-8-16-6-5-7-19(12-16)38-27(28,29)30/h5-15H,1-4H3,(H,31,32)/b11-8+. The van der Waals surface area contributed by atoms with Crippen LogP contribution < -0.4 is 29.0 Å². The molecule has 0 aliphatic rings. The van der Waals surface area contributed by atoms with Crippen LogP contribution in [0.2, 0.25) is 0 Å². The van der Waals surface area contributed by atoms with Crippen LogP contribution in [0, 0.1) is 0 Å². The van der Waals surface area contributed by atoms with Crippen molar-refractivity contribution in [2.24, 2.45) is 0 Å². The summed E-state index contributed by atoms with van der Waals surface area (Å²) in [6.45, 7) is 0. The topological polar surface area (TPSA) is 92.3 Å². The summed E-state index contributed by atoms with van der Waals surface area (Å²) >= 11 is 0. The van der Waals surface area contributed by atoms with Crippen LogP contribution in [0.1, 0.15) is 21.5 Å². The molecule has 8 nitrogen and oxygen atoms in total. The number of methoxy groups -OCH3 is 4. The van der Waals surface area contributed by atoms with Crippen molar-refractivity contribution in [3.63, 3.8) is 0 Å². The number of carbonyl (C=O) groups excluding carboxylic acids is 2. The van der Waals surface area contributed by atoms with E-state index >= 15 is 0 Å². The van der Waals surface area contributed by atoms with Gasteiger partial charge in [0, 0.05) is 17.2 Å². The summed E-state index contributed by atoms with van der Waals surface area (Å²) in [6.07, 6.45) is -2.39. The number of alkyl halides is 3. The van der Waals surface area contributed by atoms with Crippen molar-refractivity contribution >= 4 is 23.5 Å². The summed E-state index contributed by atoms with van der Waals surface area (Å²) < 4.78 is 62.4. The van der Waals surface area contributed by atoms with Crippen LogP contribution in [0.15, 0.2) is 60.7 Å². The van der Waals surface area contributed by atoms with Crippen molar-refractivity contribution in [1.29, 1.82) is 0 Å². The van der Waals surface area contributed by atoms with Gasteiger partial charge in [-0.15, -0.1) is 13.2 Å². The molecule has 0 bridgehead atoms. The van der Waals surface area contributed by atoms with E-state index < -0.39 is 18.0 Å². The fourth-order valence-corrected chi connectivity index (χ4v) is 3.49. The number of carbonyl (C=O) groups is 2. The normalized spacial score (nSPS) is 11.1. The fourth-order valence-electron chi connectivity index (χ4n) is 3.49. The molecule has 0 spiro atoms. The van der Waals surface area contributed by atoms with Gasteiger partial charge in [-0.2, -0.15) is 0 Å². The molecular weight excluding hydrogens is 507 g/mol. The van der Waals surface area contributed by atoms with Gasteiger partial charge >= 0.3 is 6.36 Å². The average Bonchev–Trinajstić information content (AvgIpc) is 2.89. The number of amides is 1. The average molecular weight is 531 g/mol. The SMILES string of the molecule is COc1ccc(C(=O)c2cc(OC)c(OC)c(OC)c2)cc1NC(=O)/C=C/c1cccc(OC(F)(F)F)c1. The molecule has 0 fully saturated rings. The van der Waals surface area contributed by atoms with Crippen molar-refractivity contribution < 1.29 is 46.4 Å². The molecule has 200 valence electrons. The molecule has 0 saturated heterocycles. The third-order valence-electron chi connectivity index (χ3n) is 5.17. The number of rotatable bonds is 10. The Morgan fingerprint density at radius 2 is 1.45 bits per heavy atom. The highest BCUT2D eigenvalue weighted by Crippen LogP contribution is 2.39. The number of benzene rings is 3. The molecule has 1 N–H and O–H groups in total. The van der Waals surface area contributed by atoms with E-state index in [0.717, 1.165) is 18.2 Å². The summed E-state index contributed by atoms with van der Waals surface area (Å²) in [5.41, 5.74) is 0.994. The Kier molecular flexibility index (Phi) is 8.85. The van der Waals surface area contributed by atoms with Crippen LogP contribution in [-0.2, 0) is 4.79 Å². The maximum Gasteiger partial charge on any atom is 0.573 e. The van der Waals surface area contributed by atoms with E-state index in [1.807, 2.05) is 0 Å². The summed E-state index contributed by atoms with van der Waals surface area (Å²) in [4.78, 5) is 25.8. The molecule has 0 unspecified atom stereocenters. The number of ether oxygens (including phenoxy) is 5. The van der Waals surface area contributed by atoms with Crippen molar-refractivity contribution in [2.75, 3.05) is 33.8 Å². The zero-order chi connectivity index (χ0) is 27.9. The van der Waals surface area contributed by atoms with Gasteiger partial charge < -0.3 is 29.0 Å². The van der Waals surface area contributed by atoms with Crippen LogP contribution in [0.4, 0.5) is 18.9 Å². The Hall–Kier alpha value is -4.67. The molecule has 3 aromatic rings. The van der Waals surface area contributed by atoms with Gasteiger partial charge in [0.15, 0.2) is 17.3 Å². The zero-order valence-electron chi connectivity index (χ0n) is 20.8. The van der Waals surface area contributed by atoms with E-state index in [0.29, 0.717) is 22.8 Å². The predicted molar refractivity (Wildman–Crippen MR) is 133 cm³/mol. The first-order valence-corrected chi connectivity index (χ1v) is 11.0. The number of hydrogen-bond donors (Lipinski definition) is 1. The maximum atomic E-state index is 13.3. The van der Waals surface area contributed by atoms with Crippen LogP contribution >= 0.6 is 0 Å². The Labute approximate surface area is 216 Å². The lowest BCUT2D eigenvalue weighted by Gasteiger charge is -2.14. The molecule has 1 amide bonds. The highest BCUT2D eigenvalue weighted by molar-refractivity contribution is 6.11. The fraction of sp³-hybridized carbons (Fsp3) is 0.185. The highest BCUT2D eigenvalue weighted by Gasteiger charge is 2.31. The Balaban J connectivity index is 1.84. The minimum absolute atomic E-state index is 0.203. The molecule has 3 aromatic carbocycles. The van der Waals surface area contributed by atoms with E-state index in [-0.39, 0.29) is 28.3 Å². The van der Waals surface area contributed by atoms with Crippen molar-refractivity contribution in [2.45, 2.75) is 6.36 Å². The largest absolute Gasteiger partial charge is 0.573 e. The molecule has 0 saturated carbocycles. The second-order valence-corrected chi connectivity index (χ2v) is 7.60. The third kappa shape index (κ3) is 6.96. The van der Waals surface area contributed by atoms with Gasteiger partial charge in [-0.05, 0) is 54.1 Å². The van der Waals surface area contributed by atoms with Gasteiger partial charge in [-0.3, -0.25) is 9.59 Å². The number of halogens is 3. The Bertz CT molecular complexity index is 1330. The molecule has 0 radical (unpaired) electrons. The Morgan fingerprint density at radius 3 is 2.03 bits per heavy atom. The van der Waals surface area contributed by atoms with E-state index in [4.69, 9.17) is 18.9 Å². The van der Waals surface area contributed by atoms with Crippen molar-refractivity contribution in [3.8, 4) is 28.7 Å². The van der Waals surface area contributed by atoms with Crippen LogP contribution in [0.5, 0.6) is 28.7 Å². The molecule has 11 heteroatoms. The van der Waals surface area contributed by atoms with E-state index in [1.165, 1.54) is 77.0 Å². The van der Waals surface area contributed by atoms with Gasteiger partial charge in [0.2, 0.25) is 11.7 Å². The van der Waals surface area contributed by atoms with Gasteiger partial charge in [-0.1, -0.05) is 12.1 Å². The molecule has 0 aliphatic carbocycles. The lowest BCUT2D eigenvalue weighted by Crippen LogP contribution is -2.17. The van der Waals surface area contributed by atoms with Gasteiger partial charge in [0.05, 0.1) is 34.1 Å². The molecular formula is C27H24F3NO7. The first-order chi connectivity index (χ1) is 18.1.